The van der Waals surface area contributed by atoms with E-state index in [1.807, 2.05) is 23.6 Å². The Kier molecular flexibility index (Phi) is 7.57. The summed E-state index contributed by atoms with van der Waals surface area (Å²) in [4.78, 5) is 18.4. The number of carbonyl (C=O) groups excluding carboxylic acids is 1. The molecule has 9 heteroatoms. The molecule has 0 bridgehead atoms. The number of carbonyl (C=O) groups is 1. The zero-order chi connectivity index (χ0) is 26.0. The second kappa shape index (κ2) is 10.9. The number of hydrogen-bond donors (Lipinski definition) is 0. The summed E-state index contributed by atoms with van der Waals surface area (Å²) in [5, 5.41) is 2.25. The van der Waals surface area contributed by atoms with Crippen molar-refractivity contribution in [1.29, 1.82) is 0 Å². The van der Waals surface area contributed by atoms with Gasteiger partial charge in [-0.25, -0.2) is 8.42 Å². The lowest BCUT2D eigenvalue weighted by molar-refractivity contribution is 0.0996. The van der Waals surface area contributed by atoms with E-state index in [0.717, 1.165) is 33.8 Å². The molecule has 1 fully saturated rings. The van der Waals surface area contributed by atoms with Crippen molar-refractivity contribution in [2.24, 2.45) is 10.9 Å². The lowest BCUT2D eigenvalue weighted by Gasteiger charge is -2.29. The quantitative estimate of drug-likeness (QED) is 0.309. The lowest BCUT2D eigenvalue weighted by atomic mass is 10.0. The molecule has 4 aromatic rings. The maximum atomic E-state index is 13.2. The first kappa shape index (κ1) is 25.8. The molecular weight excluding hydrogens is 506 g/mol. The van der Waals surface area contributed by atoms with E-state index in [-0.39, 0.29) is 4.90 Å². The fourth-order valence-corrected chi connectivity index (χ4v) is 7.35. The van der Waals surface area contributed by atoms with Crippen LogP contribution in [0.25, 0.3) is 21.0 Å². The third-order valence-corrected chi connectivity index (χ3v) is 9.96. The second-order valence-electron chi connectivity index (χ2n) is 9.40. The van der Waals surface area contributed by atoms with Crippen molar-refractivity contribution in [3.8, 4) is 0 Å². The summed E-state index contributed by atoms with van der Waals surface area (Å²) in [7, 11) is -3.57. The molecule has 0 aliphatic carbocycles. The molecule has 1 amide bonds. The first-order valence-electron chi connectivity index (χ1n) is 12.7. The zero-order valence-electron chi connectivity index (χ0n) is 21.1. The van der Waals surface area contributed by atoms with Crippen molar-refractivity contribution >= 4 is 48.3 Å². The minimum absolute atomic E-state index is 0.207. The largest absolute Gasteiger partial charge is 0.380 e. The van der Waals surface area contributed by atoms with Gasteiger partial charge in [-0.15, -0.1) is 0 Å². The van der Waals surface area contributed by atoms with E-state index >= 15 is 0 Å². The average Bonchev–Trinajstić information content (AvgIpc) is 3.26. The van der Waals surface area contributed by atoms with Crippen LogP contribution < -0.4 is 4.80 Å². The van der Waals surface area contributed by atoms with Gasteiger partial charge in [0, 0.05) is 37.2 Å². The first-order chi connectivity index (χ1) is 17.9. The van der Waals surface area contributed by atoms with Gasteiger partial charge in [-0.05, 0) is 61.4 Å². The molecule has 0 saturated carbocycles. The van der Waals surface area contributed by atoms with Gasteiger partial charge in [0.15, 0.2) is 4.80 Å². The first-order valence-corrected chi connectivity index (χ1v) is 14.9. The Balaban J connectivity index is 1.48. The lowest BCUT2D eigenvalue weighted by Crippen LogP contribution is -2.37. The predicted molar refractivity (Wildman–Crippen MR) is 147 cm³/mol. The van der Waals surface area contributed by atoms with E-state index in [0.29, 0.717) is 49.1 Å². The van der Waals surface area contributed by atoms with Crippen molar-refractivity contribution in [2.45, 2.75) is 38.1 Å². The van der Waals surface area contributed by atoms with Gasteiger partial charge < -0.3 is 9.30 Å². The number of hydrogen-bond acceptors (Lipinski definition) is 5. The summed E-state index contributed by atoms with van der Waals surface area (Å²) in [6, 6.07) is 18.4. The van der Waals surface area contributed by atoms with E-state index in [2.05, 4.69) is 36.2 Å². The number of ether oxygens (including phenoxy) is 1. The van der Waals surface area contributed by atoms with Crippen LogP contribution in [0.15, 0.2) is 70.6 Å². The summed E-state index contributed by atoms with van der Waals surface area (Å²) in [6.07, 6.45) is 1.73. The van der Waals surface area contributed by atoms with Gasteiger partial charge in [0.25, 0.3) is 5.91 Å². The van der Waals surface area contributed by atoms with Gasteiger partial charge >= 0.3 is 0 Å². The summed E-state index contributed by atoms with van der Waals surface area (Å²) < 4.78 is 36.3. The van der Waals surface area contributed by atoms with Crippen molar-refractivity contribution in [3.05, 3.63) is 71.0 Å². The van der Waals surface area contributed by atoms with Gasteiger partial charge in [-0.1, -0.05) is 48.6 Å². The summed E-state index contributed by atoms with van der Waals surface area (Å²) >= 11 is 1.48. The van der Waals surface area contributed by atoms with Crippen molar-refractivity contribution in [1.82, 2.24) is 8.87 Å². The van der Waals surface area contributed by atoms with E-state index in [9.17, 15) is 13.2 Å². The third-order valence-electron chi connectivity index (χ3n) is 6.92. The molecule has 0 atom stereocenters. The van der Waals surface area contributed by atoms with Crippen LogP contribution in [0.5, 0.6) is 0 Å². The molecule has 5 rings (SSSR count). The summed E-state index contributed by atoms with van der Waals surface area (Å²) in [6.45, 7) is 6.86. The topological polar surface area (TPSA) is 81.0 Å². The van der Waals surface area contributed by atoms with Crippen molar-refractivity contribution in [2.75, 3.05) is 26.3 Å². The highest BCUT2D eigenvalue weighted by molar-refractivity contribution is 7.89. The van der Waals surface area contributed by atoms with Crippen LogP contribution in [0.3, 0.4) is 0 Å². The Hall–Kier alpha value is -2.85. The number of fused-ring (bicyclic) bond motifs is 3. The highest BCUT2D eigenvalue weighted by atomic mass is 32.2. The highest BCUT2D eigenvalue weighted by Crippen LogP contribution is 2.28. The van der Waals surface area contributed by atoms with Crippen LogP contribution in [-0.4, -0.2) is 49.5 Å². The molecule has 0 N–H and O–H groups in total. The maximum absolute atomic E-state index is 13.2. The number of sulfonamides is 1. The van der Waals surface area contributed by atoms with Gasteiger partial charge in [0.05, 0.1) is 21.7 Å². The Morgan fingerprint density at radius 2 is 1.78 bits per heavy atom. The van der Waals surface area contributed by atoms with E-state index in [1.165, 1.54) is 27.8 Å². The summed E-state index contributed by atoms with van der Waals surface area (Å²) in [5.74, 6) is 0.132. The molecule has 0 spiro atoms. The molecule has 2 heterocycles. The van der Waals surface area contributed by atoms with Crippen LogP contribution in [0, 0.1) is 5.92 Å². The average molecular weight is 538 g/mol. The van der Waals surface area contributed by atoms with Crippen molar-refractivity contribution in [3.63, 3.8) is 0 Å². The van der Waals surface area contributed by atoms with Crippen LogP contribution in [0.4, 0.5) is 0 Å². The minimum Gasteiger partial charge on any atom is -0.380 e. The van der Waals surface area contributed by atoms with Gasteiger partial charge in [0.1, 0.15) is 0 Å². The molecule has 7 nitrogen and oxygen atoms in total. The molecule has 0 radical (unpaired) electrons. The monoisotopic (exact) mass is 537 g/mol. The maximum Gasteiger partial charge on any atom is 0.279 e. The molecule has 1 saturated heterocycles. The minimum atomic E-state index is -3.57. The number of benzene rings is 3. The van der Waals surface area contributed by atoms with Gasteiger partial charge in [-0.3, -0.25) is 4.79 Å². The molecule has 1 aliphatic rings. The Morgan fingerprint density at radius 3 is 2.51 bits per heavy atom. The van der Waals surface area contributed by atoms with Gasteiger partial charge in [-0.2, -0.15) is 9.30 Å². The summed E-state index contributed by atoms with van der Waals surface area (Å²) in [5.41, 5.74) is 1.36. The van der Waals surface area contributed by atoms with E-state index < -0.39 is 15.9 Å². The standard InChI is InChI=1S/C28H31N3O4S2/c1-3-35-19-18-31-25-13-10-21-6-4-5-7-24(21)26(25)36-28(31)29-27(32)22-8-11-23(12-9-22)37(33,34)30-16-14-20(2)15-17-30/h4-13,20H,3,14-19H2,1-2H3. The molecule has 194 valence electrons. The number of rotatable bonds is 7. The van der Waals surface area contributed by atoms with Crippen LogP contribution in [0.2, 0.25) is 0 Å². The Bertz CT molecular complexity index is 1600. The molecular formula is C28H31N3O4S2. The number of aromatic nitrogens is 1. The Labute approximate surface area is 221 Å². The van der Waals surface area contributed by atoms with Gasteiger partial charge in [0.2, 0.25) is 10.0 Å². The van der Waals surface area contributed by atoms with Crippen LogP contribution in [-0.2, 0) is 21.3 Å². The number of nitrogens with zero attached hydrogens (tertiary/aromatic N) is 3. The molecule has 0 unspecified atom stereocenters. The zero-order valence-corrected chi connectivity index (χ0v) is 22.7. The third kappa shape index (κ3) is 5.27. The Morgan fingerprint density at radius 1 is 1.05 bits per heavy atom. The van der Waals surface area contributed by atoms with E-state index in [1.54, 1.807) is 12.1 Å². The second-order valence-corrected chi connectivity index (χ2v) is 12.3. The van der Waals surface area contributed by atoms with Crippen LogP contribution >= 0.6 is 11.3 Å². The van der Waals surface area contributed by atoms with Crippen LogP contribution in [0.1, 0.15) is 37.0 Å². The molecule has 37 heavy (non-hydrogen) atoms. The van der Waals surface area contributed by atoms with E-state index in [4.69, 9.17) is 4.74 Å². The fourth-order valence-electron chi connectivity index (χ4n) is 4.70. The number of piperidine rings is 1. The SMILES string of the molecule is CCOCCn1c(=NC(=O)c2ccc(S(=O)(=O)N3CCC(C)CC3)cc2)sc2c3ccccc3ccc21. The van der Waals surface area contributed by atoms with Crippen molar-refractivity contribution < 1.29 is 17.9 Å². The number of amides is 1. The predicted octanol–water partition coefficient (Wildman–Crippen LogP) is 5.05. The fraction of sp³-hybridized carbons (Fsp3) is 0.357. The highest BCUT2D eigenvalue weighted by Gasteiger charge is 2.28. The molecule has 3 aromatic carbocycles. The molecule has 1 aliphatic heterocycles. The smallest absolute Gasteiger partial charge is 0.279 e. The molecule has 1 aromatic heterocycles. The number of thiazole rings is 1. The normalized spacial score (nSPS) is 16.1.